The predicted octanol–water partition coefficient (Wildman–Crippen LogP) is 1.60. The number of hydrogen-bond acceptors (Lipinski definition) is 4. The van der Waals surface area contributed by atoms with Crippen LogP contribution in [0.4, 0.5) is 16.2 Å². The third-order valence-electron chi connectivity index (χ3n) is 4.17. The molecule has 1 atom stereocenters. The quantitative estimate of drug-likeness (QED) is 0.885. The van der Waals surface area contributed by atoms with Gasteiger partial charge >= 0.3 is 6.03 Å². The van der Waals surface area contributed by atoms with Gasteiger partial charge in [-0.2, -0.15) is 0 Å². The van der Waals surface area contributed by atoms with Crippen LogP contribution in [0.25, 0.3) is 0 Å². The van der Waals surface area contributed by atoms with Gasteiger partial charge in [0.2, 0.25) is 0 Å². The number of para-hydroxylation sites is 2. The fourth-order valence-electron chi connectivity index (χ4n) is 3.07. The van der Waals surface area contributed by atoms with Crippen LogP contribution in [0.5, 0.6) is 0 Å². The summed E-state index contributed by atoms with van der Waals surface area (Å²) < 4.78 is 22.9. The fraction of sp³-hybridized carbons (Fsp3) is 0.533. The summed E-state index contributed by atoms with van der Waals surface area (Å²) >= 11 is 0. The molecule has 2 aliphatic rings. The Hall–Kier alpha value is -1.76. The molecule has 0 saturated carbocycles. The molecule has 0 aromatic heterocycles. The minimum atomic E-state index is -2.99. The Morgan fingerprint density at radius 2 is 1.91 bits per heavy atom. The van der Waals surface area contributed by atoms with Gasteiger partial charge in [0.05, 0.1) is 22.9 Å². The Bertz CT molecular complexity index is 654. The van der Waals surface area contributed by atoms with Gasteiger partial charge in [-0.25, -0.2) is 13.2 Å². The molecule has 0 bridgehead atoms. The molecule has 2 amide bonds. The van der Waals surface area contributed by atoms with Crippen molar-refractivity contribution in [2.75, 3.05) is 34.8 Å². The lowest BCUT2D eigenvalue weighted by Gasteiger charge is -2.22. The molecule has 0 aliphatic carbocycles. The molecule has 1 aromatic rings. The summed E-state index contributed by atoms with van der Waals surface area (Å²) in [5, 5.41) is 5.61. The number of rotatable bonds is 3. The highest BCUT2D eigenvalue weighted by atomic mass is 32.2. The van der Waals surface area contributed by atoms with Crippen LogP contribution in [-0.2, 0) is 9.84 Å². The number of sulfone groups is 1. The van der Waals surface area contributed by atoms with Gasteiger partial charge < -0.3 is 15.5 Å². The van der Waals surface area contributed by atoms with Crippen molar-refractivity contribution in [3.8, 4) is 0 Å². The molecule has 0 unspecified atom stereocenters. The van der Waals surface area contributed by atoms with E-state index in [2.05, 4.69) is 15.5 Å². The molecule has 2 fully saturated rings. The molecule has 3 rings (SSSR count). The molecule has 0 radical (unpaired) electrons. The van der Waals surface area contributed by atoms with Crippen LogP contribution in [0.1, 0.15) is 19.3 Å². The number of urea groups is 1. The molecule has 120 valence electrons. The van der Waals surface area contributed by atoms with E-state index >= 15 is 0 Å². The van der Waals surface area contributed by atoms with Crippen LogP contribution < -0.4 is 15.5 Å². The summed E-state index contributed by atoms with van der Waals surface area (Å²) in [4.78, 5) is 14.4. The Balaban J connectivity index is 1.64. The van der Waals surface area contributed by atoms with Gasteiger partial charge in [-0.15, -0.1) is 0 Å². The van der Waals surface area contributed by atoms with Gasteiger partial charge in [-0.1, -0.05) is 12.1 Å². The van der Waals surface area contributed by atoms with Crippen molar-refractivity contribution in [3.05, 3.63) is 24.3 Å². The molecule has 2 saturated heterocycles. The maximum atomic E-state index is 12.1. The Morgan fingerprint density at radius 1 is 1.18 bits per heavy atom. The van der Waals surface area contributed by atoms with E-state index < -0.39 is 9.84 Å². The van der Waals surface area contributed by atoms with Crippen molar-refractivity contribution in [3.63, 3.8) is 0 Å². The van der Waals surface area contributed by atoms with Gasteiger partial charge in [-0.05, 0) is 31.4 Å². The average Bonchev–Trinajstić information content (AvgIpc) is 3.09. The Kier molecular flexibility index (Phi) is 4.24. The second-order valence-electron chi connectivity index (χ2n) is 5.91. The van der Waals surface area contributed by atoms with Crippen molar-refractivity contribution in [2.45, 2.75) is 25.3 Å². The van der Waals surface area contributed by atoms with Crippen LogP contribution in [0.3, 0.4) is 0 Å². The number of hydrogen-bond donors (Lipinski definition) is 2. The summed E-state index contributed by atoms with van der Waals surface area (Å²) in [6.07, 6.45) is 2.82. The van der Waals surface area contributed by atoms with E-state index in [9.17, 15) is 13.2 Å². The summed E-state index contributed by atoms with van der Waals surface area (Å²) in [6, 6.07) is 7.09. The normalized spacial score (nSPS) is 23.5. The zero-order chi connectivity index (χ0) is 15.6. The maximum absolute atomic E-state index is 12.1. The van der Waals surface area contributed by atoms with Crippen LogP contribution in [0.2, 0.25) is 0 Å². The van der Waals surface area contributed by atoms with E-state index in [1.807, 2.05) is 24.3 Å². The van der Waals surface area contributed by atoms with Crippen molar-refractivity contribution in [1.82, 2.24) is 5.32 Å². The maximum Gasteiger partial charge on any atom is 0.319 e. The standard InChI is InChI=1S/C15H21N3O3S/c19-15(16-12-7-10-22(20,21)11-12)17-13-5-1-2-6-14(13)18-8-3-4-9-18/h1-2,5-6,12H,3-4,7-11H2,(H2,16,17,19)/t12-/m0/s1. The first-order valence-electron chi connectivity index (χ1n) is 7.65. The van der Waals surface area contributed by atoms with Crippen LogP contribution >= 0.6 is 0 Å². The third kappa shape index (κ3) is 3.52. The molecule has 1 aromatic carbocycles. The lowest BCUT2D eigenvalue weighted by molar-refractivity contribution is 0.249. The lowest BCUT2D eigenvalue weighted by Crippen LogP contribution is -2.38. The first-order chi connectivity index (χ1) is 10.5. The Morgan fingerprint density at radius 3 is 2.59 bits per heavy atom. The van der Waals surface area contributed by atoms with E-state index in [0.717, 1.165) is 24.5 Å². The zero-order valence-electron chi connectivity index (χ0n) is 12.4. The SMILES string of the molecule is O=C(Nc1ccccc1N1CCCC1)N[C@H]1CCS(=O)(=O)C1. The second-order valence-corrected chi connectivity index (χ2v) is 8.14. The van der Waals surface area contributed by atoms with Gasteiger partial charge in [0.1, 0.15) is 0 Å². The minimum absolute atomic E-state index is 0.0359. The van der Waals surface area contributed by atoms with Gasteiger partial charge in [-0.3, -0.25) is 0 Å². The zero-order valence-corrected chi connectivity index (χ0v) is 13.2. The van der Waals surface area contributed by atoms with Crippen LogP contribution in [0, 0.1) is 0 Å². The van der Waals surface area contributed by atoms with Crippen LogP contribution in [0.15, 0.2) is 24.3 Å². The smallest absolute Gasteiger partial charge is 0.319 e. The van der Waals surface area contributed by atoms with Crippen molar-refractivity contribution in [2.24, 2.45) is 0 Å². The van der Waals surface area contributed by atoms with E-state index in [1.165, 1.54) is 12.8 Å². The van der Waals surface area contributed by atoms with Crippen molar-refractivity contribution >= 4 is 27.2 Å². The summed E-state index contributed by atoms with van der Waals surface area (Å²) in [5.41, 5.74) is 1.79. The Labute approximate surface area is 130 Å². The summed E-state index contributed by atoms with van der Waals surface area (Å²) in [5.74, 6) is 0.191. The molecular formula is C15H21N3O3S. The van der Waals surface area contributed by atoms with E-state index in [4.69, 9.17) is 0 Å². The van der Waals surface area contributed by atoms with Gasteiger partial charge in [0.15, 0.2) is 9.84 Å². The third-order valence-corrected chi connectivity index (χ3v) is 5.93. The molecule has 0 spiro atoms. The largest absolute Gasteiger partial charge is 0.370 e. The summed E-state index contributed by atoms with van der Waals surface area (Å²) in [7, 11) is -2.99. The number of amides is 2. The number of carbonyl (C=O) groups is 1. The van der Waals surface area contributed by atoms with Gasteiger partial charge in [0.25, 0.3) is 0 Å². The molecular weight excluding hydrogens is 302 g/mol. The molecule has 22 heavy (non-hydrogen) atoms. The molecule has 7 heteroatoms. The first kappa shape index (κ1) is 15.1. The average molecular weight is 323 g/mol. The number of nitrogens with one attached hydrogen (secondary N) is 2. The van der Waals surface area contributed by atoms with Crippen molar-refractivity contribution < 1.29 is 13.2 Å². The van der Waals surface area contributed by atoms with E-state index in [-0.39, 0.29) is 23.6 Å². The van der Waals surface area contributed by atoms with E-state index in [1.54, 1.807) is 0 Å². The number of nitrogens with zero attached hydrogens (tertiary/aromatic N) is 1. The highest BCUT2D eigenvalue weighted by Crippen LogP contribution is 2.28. The van der Waals surface area contributed by atoms with E-state index in [0.29, 0.717) is 6.42 Å². The molecule has 6 nitrogen and oxygen atoms in total. The highest BCUT2D eigenvalue weighted by molar-refractivity contribution is 7.91. The molecule has 2 N–H and O–H groups in total. The fourth-order valence-corrected chi connectivity index (χ4v) is 4.74. The second kappa shape index (κ2) is 6.16. The van der Waals surface area contributed by atoms with Crippen LogP contribution in [-0.4, -0.2) is 45.1 Å². The predicted molar refractivity (Wildman–Crippen MR) is 87.1 cm³/mol. The lowest BCUT2D eigenvalue weighted by atomic mass is 10.2. The minimum Gasteiger partial charge on any atom is -0.370 e. The molecule has 2 heterocycles. The number of carbonyl (C=O) groups excluding carboxylic acids is 1. The topological polar surface area (TPSA) is 78.5 Å². The first-order valence-corrected chi connectivity index (χ1v) is 9.47. The van der Waals surface area contributed by atoms with Gasteiger partial charge in [0, 0.05) is 19.1 Å². The monoisotopic (exact) mass is 323 g/mol. The number of anilines is 2. The summed E-state index contributed by atoms with van der Waals surface area (Å²) in [6.45, 7) is 2.00. The molecule has 2 aliphatic heterocycles. The number of benzene rings is 1. The highest BCUT2D eigenvalue weighted by Gasteiger charge is 2.29. The van der Waals surface area contributed by atoms with Crippen molar-refractivity contribution in [1.29, 1.82) is 0 Å².